The van der Waals surface area contributed by atoms with Crippen LogP contribution in [0.4, 0.5) is 19.6 Å². The summed E-state index contributed by atoms with van der Waals surface area (Å²) in [6, 6.07) is 6.94. The van der Waals surface area contributed by atoms with Crippen molar-refractivity contribution in [3.8, 4) is 17.2 Å². The van der Waals surface area contributed by atoms with E-state index in [9.17, 15) is 14.4 Å². The lowest BCUT2D eigenvalue weighted by Gasteiger charge is -2.34. The SMILES string of the molecule is CC(c1ccnnc1N)N1CCc2c(cc(F)c(-c3ccc(F)c4sc(N)c(C#N)c34)c2Cl)C1=O. The van der Waals surface area contributed by atoms with E-state index in [4.69, 9.17) is 23.1 Å². The minimum atomic E-state index is -0.761. The number of carbonyl (C=O) groups is 1. The summed E-state index contributed by atoms with van der Waals surface area (Å²) in [5.74, 6) is -1.52. The number of aromatic nitrogens is 2. The summed E-state index contributed by atoms with van der Waals surface area (Å²) in [6.45, 7) is 2.12. The predicted molar refractivity (Wildman–Crippen MR) is 131 cm³/mol. The number of nitriles is 1. The fraction of sp³-hybridized carbons (Fsp3) is 0.167. The van der Waals surface area contributed by atoms with Gasteiger partial charge < -0.3 is 16.4 Å². The van der Waals surface area contributed by atoms with Gasteiger partial charge in [0.25, 0.3) is 5.91 Å². The zero-order chi connectivity index (χ0) is 25.0. The number of hydrogen-bond donors (Lipinski definition) is 2. The Bertz CT molecular complexity index is 1580. The van der Waals surface area contributed by atoms with E-state index in [0.29, 0.717) is 24.1 Å². The van der Waals surface area contributed by atoms with Crippen molar-refractivity contribution in [1.82, 2.24) is 15.1 Å². The van der Waals surface area contributed by atoms with Crippen molar-refractivity contribution >= 4 is 49.7 Å². The normalized spacial score (nSPS) is 14.1. The first kappa shape index (κ1) is 23.0. The number of nitrogens with two attached hydrogens (primary N) is 2. The van der Waals surface area contributed by atoms with Gasteiger partial charge >= 0.3 is 0 Å². The van der Waals surface area contributed by atoms with E-state index >= 15 is 4.39 Å². The molecule has 2 aromatic carbocycles. The summed E-state index contributed by atoms with van der Waals surface area (Å²) in [5.41, 5.74) is 13.4. The van der Waals surface area contributed by atoms with Crippen LogP contribution in [0.15, 0.2) is 30.5 Å². The van der Waals surface area contributed by atoms with E-state index in [-0.39, 0.29) is 48.2 Å². The molecule has 176 valence electrons. The molecular weight excluding hydrogens is 494 g/mol. The molecular formula is C24H17ClF2N6OS. The second-order valence-corrected chi connectivity index (χ2v) is 9.55. The molecule has 1 aliphatic rings. The van der Waals surface area contributed by atoms with Gasteiger partial charge in [0.15, 0.2) is 5.82 Å². The van der Waals surface area contributed by atoms with E-state index < -0.39 is 23.6 Å². The molecule has 35 heavy (non-hydrogen) atoms. The van der Waals surface area contributed by atoms with Gasteiger partial charge in [0.2, 0.25) is 0 Å². The monoisotopic (exact) mass is 510 g/mol. The number of hydrogen-bond acceptors (Lipinski definition) is 7. The number of carbonyl (C=O) groups excluding carboxylic acids is 1. The summed E-state index contributed by atoms with van der Waals surface area (Å²) in [7, 11) is 0. The van der Waals surface area contributed by atoms with Crippen molar-refractivity contribution in [3.05, 3.63) is 69.4 Å². The first-order valence-corrected chi connectivity index (χ1v) is 11.7. The average molecular weight is 511 g/mol. The van der Waals surface area contributed by atoms with Gasteiger partial charge in [-0.05, 0) is 42.7 Å². The Kier molecular flexibility index (Phi) is 5.54. The van der Waals surface area contributed by atoms with Crippen molar-refractivity contribution in [3.63, 3.8) is 0 Å². The summed E-state index contributed by atoms with van der Waals surface area (Å²) in [5, 5.41) is 17.5. The summed E-state index contributed by atoms with van der Waals surface area (Å²) >= 11 is 7.61. The molecule has 0 radical (unpaired) electrons. The maximum Gasteiger partial charge on any atom is 0.254 e. The lowest BCUT2D eigenvalue weighted by atomic mass is 9.90. The molecule has 11 heteroatoms. The first-order chi connectivity index (χ1) is 16.7. The number of nitrogens with zero attached hydrogens (tertiary/aromatic N) is 4. The third-order valence-electron chi connectivity index (χ3n) is 6.31. The second kappa shape index (κ2) is 8.45. The molecule has 7 nitrogen and oxygen atoms in total. The number of amides is 1. The number of thiophene rings is 1. The van der Waals surface area contributed by atoms with Crippen LogP contribution >= 0.6 is 22.9 Å². The molecule has 1 aliphatic heterocycles. The maximum absolute atomic E-state index is 15.6. The van der Waals surface area contributed by atoms with Crippen LogP contribution in [0.5, 0.6) is 0 Å². The molecule has 0 spiro atoms. The largest absolute Gasteiger partial charge is 0.389 e. The Balaban J connectivity index is 1.64. The van der Waals surface area contributed by atoms with Crippen molar-refractivity contribution in [2.75, 3.05) is 18.0 Å². The van der Waals surface area contributed by atoms with Crippen molar-refractivity contribution in [2.45, 2.75) is 19.4 Å². The van der Waals surface area contributed by atoms with Crippen LogP contribution in [0.3, 0.4) is 0 Å². The first-order valence-electron chi connectivity index (χ1n) is 10.5. The van der Waals surface area contributed by atoms with E-state index in [1.54, 1.807) is 11.0 Å². The van der Waals surface area contributed by atoms with E-state index in [1.165, 1.54) is 18.3 Å². The van der Waals surface area contributed by atoms with Gasteiger partial charge in [-0.15, -0.1) is 16.4 Å². The zero-order valence-electron chi connectivity index (χ0n) is 18.3. The molecule has 2 aromatic heterocycles. The van der Waals surface area contributed by atoms with Crippen molar-refractivity contribution in [1.29, 1.82) is 5.26 Å². The quantitative estimate of drug-likeness (QED) is 0.396. The average Bonchev–Trinajstić information content (AvgIpc) is 3.18. The Labute approximate surface area is 207 Å². The molecule has 3 heterocycles. The van der Waals surface area contributed by atoms with Gasteiger partial charge in [-0.1, -0.05) is 17.7 Å². The molecule has 0 fully saturated rings. The number of anilines is 2. The van der Waals surface area contributed by atoms with Crippen LogP contribution in [0.25, 0.3) is 21.2 Å². The number of rotatable bonds is 3. The molecule has 0 bridgehead atoms. The molecule has 5 rings (SSSR count). The summed E-state index contributed by atoms with van der Waals surface area (Å²) in [6.07, 6.45) is 1.85. The van der Waals surface area contributed by atoms with E-state index in [1.807, 2.05) is 13.0 Å². The molecule has 1 amide bonds. The number of nitrogen functional groups attached to an aromatic ring is 2. The highest BCUT2D eigenvalue weighted by Crippen LogP contribution is 2.45. The highest BCUT2D eigenvalue weighted by molar-refractivity contribution is 7.23. The molecule has 4 aromatic rings. The predicted octanol–water partition coefficient (Wildman–Crippen LogP) is 5.09. The second-order valence-electron chi connectivity index (χ2n) is 8.12. The van der Waals surface area contributed by atoms with E-state index in [0.717, 1.165) is 17.4 Å². The highest BCUT2D eigenvalue weighted by atomic mass is 35.5. The van der Waals surface area contributed by atoms with Crippen LogP contribution in [-0.4, -0.2) is 27.5 Å². The molecule has 0 aliphatic carbocycles. The number of halogens is 3. The fourth-order valence-electron chi connectivity index (χ4n) is 4.58. The molecule has 0 saturated carbocycles. The number of fused-ring (bicyclic) bond motifs is 2. The summed E-state index contributed by atoms with van der Waals surface area (Å²) in [4.78, 5) is 15.0. The maximum atomic E-state index is 15.6. The van der Waals surface area contributed by atoms with Crippen LogP contribution < -0.4 is 11.5 Å². The van der Waals surface area contributed by atoms with Gasteiger partial charge in [-0.3, -0.25) is 4.79 Å². The Morgan fingerprint density at radius 3 is 2.71 bits per heavy atom. The minimum Gasteiger partial charge on any atom is -0.389 e. The van der Waals surface area contributed by atoms with Gasteiger partial charge in [0, 0.05) is 28.6 Å². The van der Waals surface area contributed by atoms with Gasteiger partial charge in [-0.2, -0.15) is 10.4 Å². The standard InChI is InChI=1S/C24H17ClF2N6OS/c1-10(11-4-6-31-32-22(11)29)33-7-5-12-14(24(33)34)8-17(27)19(20(12)25)13-2-3-16(26)21-18(13)15(9-28)23(30)35-21/h2-4,6,8,10H,5,7,30H2,1H3,(H2,29,32). The minimum absolute atomic E-state index is 0.00148. The number of benzene rings is 2. The smallest absolute Gasteiger partial charge is 0.254 e. The lowest BCUT2D eigenvalue weighted by molar-refractivity contribution is 0.0672. The lowest BCUT2D eigenvalue weighted by Crippen LogP contribution is -2.40. The Morgan fingerprint density at radius 2 is 2.00 bits per heavy atom. The Hall–Kier alpha value is -3.81. The van der Waals surface area contributed by atoms with Crippen LogP contribution in [-0.2, 0) is 6.42 Å². The Morgan fingerprint density at radius 1 is 1.23 bits per heavy atom. The zero-order valence-corrected chi connectivity index (χ0v) is 19.8. The topological polar surface area (TPSA) is 122 Å². The van der Waals surface area contributed by atoms with E-state index in [2.05, 4.69) is 10.2 Å². The third-order valence-corrected chi connectivity index (χ3v) is 7.76. The van der Waals surface area contributed by atoms with Gasteiger partial charge in [0.05, 0.1) is 27.5 Å². The van der Waals surface area contributed by atoms with Crippen molar-refractivity contribution < 1.29 is 13.6 Å². The molecule has 1 unspecified atom stereocenters. The fourth-order valence-corrected chi connectivity index (χ4v) is 5.92. The highest BCUT2D eigenvalue weighted by Gasteiger charge is 2.33. The van der Waals surface area contributed by atoms with Crippen LogP contribution in [0.1, 0.15) is 40.0 Å². The van der Waals surface area contributed by atoms with Crippen LogP contribution in [0.2, 0.25) is 5.02 Å². The van der Waals surface area contributed by atoms with Crippen LogP contribution in [0, 0.1) is 23.0 Å². The third kappa shape index (κ3) is 3.47. The molecule has 4 N–H and O–H groups in total. The van der Waals surface area contributed by atoms with Crippen molar-refractivity contribution in [2.24, 2.45) is 0 Å². The molecule has 0 saturated heterocycles. The summed E-state index contributed by atoms with van der Waals surface area (Å²) < 4.78 is 30.2. The van der Waals surface area contributed by atoms with Gasteiger partial charge in [-0.25, -0.2) is 8.78 Å². The molecule has 1 atom stereocenters. The van der Waals surface area contributed by atoms with Gasteiger partial charge in [0.1, 0.15) is 22.7 Å².